The molecule has 0 aliphatic carbocycles. The first-order valence-corrected chi connectivity index (χ1v) is 9.78. The van der Waals surface area contributed by atoms with Gasteiger partial charge in [-0.2, -0.15) is 5.10 Å². The summed E-state index contributed by atoms with van der Waals surface area (Å²) in [5, 5.41) is 7.34. The molecule has 0 fully saturated rings. The van der Waals surface area contributed by atoms with E-state index in [1.165, 1.54) is 4.88 Å². The van der Waals surface area contributed by atoms with Crippen LogP contribution < -0.4 is 4.90 Å². The molecule has 0 N–H and O–H groups in total. The number of amides is 1. The SMILES string of the molecule is CCN(C(=O)c1cc(C)nc2c1cnn2Cc1cccs1)c1ccccc1. The summed E-state index contributed by atoms with van der Waals surface area (Å²) in [5.74, 6) is -0.0325. The summed E-state index contributed by atoms with van der Waals surface area (Å²) >= 11 is 1.69. The standard InChI is InChI=1S/C21H20N4OS/c1-3-24(16-8-5-4-6-9-16)21(26)18-12-15(2)23-20-19(18)13-22-25(20)14-17-10-7-11-27-17/h4-13H,3,14H2,1-2H3. The monoisotopic (exact) mass is 376 g/mol. The van der Waals surface area contributed by atoms with Gasteiger partial charge in [0.15, 0.2) is 5.65 Å². The molecule has 0 radical (unpaired) electrons. The van der Waals surface area contributed by atoms with E-state index in [4.69, 9.17) is 0 Å². The van der Waals surface area contributed by atoms with E-state index in [1.807, 2.05) is 66.4 Å². The molecule has 27 heavy (non-hydrogen) atoms. The van der Waals surface area contributed by atoms with Gasteiger partial charge in [0, 0.05) is 22.8 Å². The Morgan fingerprint density at radius 3 is 2.70 bits per heavy atom. The molecule has 4 rings (SSSR count). The Bertz CT molecular complexity index is 1070. The number of aryl methyl sites for hydroxylation is 1. The van der Waals surface area contributed by atoms with Crippen molar-refractivity contribution in [2.45, 2.75) is 20.4 Å². The van der Waals surface area contributed by atoms with Gasteiger partial charge in [0.25, 0.3) is 5.91 Å². The number of carbonyl (C=O) groups excluding carboxylic acids is 1. The topological polar surface area (TPSA) is 51.0 Å². The molecule has 0 aliphatic rings. The summed E-state index contributed by atoms with van der Waals surface area (Å²) in [6.45, 7) is 5.14. The molecule has 3 aromatic heterocycles. The second kappa shape index (κ2) is 7.32. The van der Waals surface area contributed by atoms with Crippen molar-refractivity contribution in [3.63, 3.8) is 0 Å². The lowest BCUT2D eigenvalue weighted by Crippen LogP contribution is -2.30. The number of para-hydroxylation sites is 1. The molecule has 5 nitrogen and oxygen atoms in total. The smallest absolute Gasteiger partial charge is 0.259 e. The van der Waals surface area contributed by atoms with Crippen LogP contribution in [0.1, 0.15) is 27.9 Å². The highest BCUT2D eigenvalue weighted by atomic mass is 32.1. The number of rotatable bonds is 5. The molecule has 3 heterocycles. The summed E-state index contributed by atoms with van der Waals surface area (Å²) in [4.78, 5) is 21.0. The van der Waals surface area contributed by atoms with Gasteiger partial charge < -0.3 is 4.90 Å². The van der Waals surface area contributed by atoms with Crippen LogP contribution in [0.2, 0.25) is 0 Å². The zero-order valence-corrected chi connectivity index (χ0v) is 16.1. The van der Waals surface area contributed by atoms with Crippen LogP contribution in [-0.2, 0) is 6.54 Å². The molecule has 0 saturated heterocycles. The fraction of sp³-hybridized carbons (Fsp3) is 0.190. The van der Waals surface area contributed by atoms with Crippen LogP contribution in [0.3, 0.4) is 0 Å². The number of carbonyl (C=O) groups is 1. The van der Waals surface area contributed by atoms with Gasteiger partial charge in [-0.3, -0.25) is 4.79 Å². The zero-order valence-electron chi connectivity index (χ0n) is 15.3. The Morgan fingerprint density at radius 1 is 1.19 bits per heavy atom. The van der Waals surface area contributed by atoms with Crippen molar-refractivity contribution in [3.8, 4) is 0 Å². The number of benzene rings is 1. The summed E-state index contributed by atoms with van der Waals surface area (Å²) < 4.78 is 1.86. The normalized spacial score (nSPS) is 11.0. The maximum atomic E-state index is 13.3. The van der Waals surface area contributed by atoms with E-state index in [2.05, 4.69) is 16.1 Å². The first-order valence-electron chi connectivity index (χ1n) is 8.90. The third kappa shape index (κ3) is 3.36. The Labute approximate surface area is 161 Å². The Kier molecular flexibility index (Phi) is 4.73. The van der Waals surface area contributed by atoms with Crippen LogP contribution in [-0.4, -0.2) is 27.2 Å². The van der Waals surface area contributed by atoms with E-state index >= 15 is 0 Å². The molecular weight excluding hydrogens is 356 g/mol. The lowest BCUT2D eigenvalue weighted by molar-refractivity contribution is 0.0989. The van der Waals surface area contributed by atoms with E-state index in [0.717, 1.165) is 22.4 Å². The predicted molar refractivity (Wildman–Crippen MR) is 109 cm³/mol. The van der Waals surface area contributed by atoms with Crippen LogP contribution in [0.5, 0.6) is 0 Å². The molecule has 0 spiro atoms. The van der Waals surface area contributed by atoms with E-state index in [0.29, 0.717) is 18.7 Å². The molecular formula is C21H20N4OS. The lowest BCUT2D eigenvalue weighted by atomic mass is 10.1. The molecule has 136 valence electrons. The highest BCUT2D eigenvalue weighted by Crippen LogP contribution is 2.24. The maximum Gasteiger partial charge on any atom is 0.259 e. The molecule has 1 amide bonds. The highest BCUT2D eigenvalue weighted by Gasteiger charge is 2.21. The van der Waals surface area contributed by atoms with Crippen molar-refractivity contribution in [3.05, 3.63) is 76.2 Å². The van der Waals surface area contributed by atoms with Crippen LogP contribution in [0.4, 0.5) is 5.69 Å². The molecule has 4 aromatic rings. The first kappa shape index (κ1) is 17.4. The van der Waals surface area contributed by atoms with Gasteiger partial charge in [0.05, 0.1) is 23.7 Å². The maximum absolute atomic E-state index is 13.3. The van der Waals surface area contributed by atoms with Crippen LogP contribution in [0.15, 0.2) is 60.1 Å². The van der Waals surface area contributed by atoms with Crippen LogP contribution in [0.25, 0.3) is 11.0 Å². The van der Waals surface area contributed by atoms with E-state index in [1.54, 1.807) is 22.4 Å². The molecule has 0 bridgehead atoms. The highest BCUT2D eigenvalue weighted by molar-refractivity contribution is 7.09. The van der Waals surface area contributed by atoms with Crippen molar-refractivity contribution in [1.82, 2.24) is 14.8 Å². The number of anilines is 1. The van der Waals surface area contributed by atoms with Crippen molar-refractivity contribution in [1.29, 1.82) is 0 Å². The summed E-state index contributed by atoms with van der Waals surface area (Å²) in [7, 11) is 0. The van der Waals surface area contributed by atoms with Gasteiger partial charge >= 0.3 is 0 Å². The minimum Gasteiger partial charge on any atom is -0.309 e. The molecule has 6 heteroatoms. The van der Waals surface area contributed by atoms with E-state index < -0.39 is 0 Å². The number of hydrogen-bond acceptors (Lipinski definition) is 4. The second-order valence-electron chi connectivity index (χ2n) is 6.32. The summed E-state index contributed by atoms with van der Waals surface area (Å²) in [5.41, 5.74) is 3.08. The second-order valence-corrected chi connectivity index (χ2v) is 7.35. The predicted octanol–water partition coefficient (Wildman–Crippen LogP) is 4.52. The fourth-order valence-corrected chi connectivity index (χ4v) is 3.90. The summed E-state index contributed by atoms with van der Waals surface area (Å²) in [6, 6.07) is 15.7. The summed E-state index contributed by atoms with van der Waals surface area (Å²) in [6.07, 6.45) is 1.75. The molecule has 1 aromatic carbocycles. The van der Waals surface area contributed by atoms with Crippen molar-refractivity contribution < 1.29 is 4.79 Å². The van der Waals surface area contributed by atoms with Crippen LogP contribution >= 0.6 is 11.3 Å². The number of nitrogens with zero attached hydrogens (tertiary/aromatic N) is 4. The van der Waals surface area contributed by atoms with Gasteiger partial charge in [-0.1, -0.05) is 24.3 Å². The average molecular weight is 376 g/mol. The fourth-order valence-electron chi connectivity index (χ4n) is 3.21. The van der Waals surface area contributed by atoms with Gasteiger partial charge in [-0.15, -0.1) is 11.3 Å². The largest absolute Gasteiger partial charge is 0.309 e. The number of pyridine rings is 1. The number of fused-ring (bicyclic) bond motifs is 1. The minimum absolute atomic E-state index is 0.0325. The van der Waals surface area contributed by atoms with Gasteiger partial charge in [0.1, 0.15) is 0 Å². The molecule has 0 atom stereocenters. The Morgan fingerprint density at radius 2 is 2.00 bits per heavy atom. The zero-order chi connectivity index (χ0) is 18.8. The quantitative estimate of drug-likeness (QED) is 0.515. The lowest BCUT2D eigenvalue weighted by Gasteiger charge is -2.21. The van der Waals surface area contributed by atoms with E-state index in [-0.39, 0.29) is 5.91 Å². The Hall–Kier alpha value is -2.99. The number of aromatic nitrogens is 3. The van der Waals surface area contributed by atoms with Crippen molar-refractivity contribution >= 4 is 34.0 Å². The average Bonchev–Trinajstić information content (AvgIpc) is 3.33. The number of hydrogen-bond donors (Lipinski definition) is 0. The third-order valence-electron chi connectivity index (χ3n) is 4.48. The minimum atomic E-state index is -0.0325. The van der Waals surface area contributed by atoms with Crippen LogP contribution in [0, 0.1) is 6.92 Å². The van der Waals surface area contributed by atoms with Crippen molar-refractivity contribution in [2.24, 2.45) is 0 Å². The van der Waals surface area contributed by atoms with E-state index in [9.17, 15) is 4.79 Å². The first-order chi connectivity index (χ1) is 13.2. The third-order valence-corrected chi connectivity index (χ3v) is 5.34. The van der Waals surface area contributed by atoms with Crippen molar-refractivity contribution in [2.75, 3.05) is 11.4 Å². The molecule has 0 unspecified atom stereocenters. The van der Waals surface area contributed by atoms with Gasteiger partial charge in [-0.05, 0) is 43.5 Å². The van der Waals surface area contributed by atoms with Gasteiger partial charge in [-0.25, -0.2) is 9.67 Å². The Balaban J connectivity index is 1.77. The molecule has 0 saturated carbocycles. The number of thiophene rings is 1. The molecule has 0 aliphatic heterocycles. The van der Waals surface area contributed by atoms with Gasteiger partial charge in [0.2, 0.25) is 0 Å².